The van der Waals surface area contributed by atoms with Gasteiger partial charge in [0.2, 0.25) is 15.9 Å². The van der Waals surface area contributed by atoms with Crippen molar-refractivity contribution < 1.29 is 32.4 Å². The van der Waals surface area contributed by atoms with Gasteiger partial charge in [0.1, 0.15) is 18.9 Å². The van der Waals surface area contributed by atoms with Crippen LogP contribution in [0.25, 0.3) is 0 Å². The van der Waals surface area contributed by atoms with Crippen molar-refractivity contribution >= 4 is 27.6 Å². The number of aryl methyl sites for hydroxylation is 1. The average Bonchev–Trinajstić information content (AvgIpc) is 2.70. The summed E-state index contributed by atoms with van der Waals surface area (Å²) in [6.07, 6.45) is 1.11. The number of carbonyl (C=O) groups is 2. The Morgan fingerprint density at radius 3 is 2.61 bits per heavy atom. The third-order valence-corrected chi connectivity index (χ3v) is 5.76. The van der Waals surface area contributed by atoms with E-state index in [4.69, 9.17) is 5.11 Å². The van der Waals surface area contributed by atoms with Crippen LogP contribution in [0.4, 0.5) is 10.1 Å². The van der Waals surface area contributed by atoms with Gasteiger partial charge in [0, 0.05) is 24.8 Å². The summed E-state index contributed by atoms with van der Waals surface area (Å²) in [4.78, 5) is 58.7. The van der Waals surface area contributed by atoms with Crippen molar-refractivity contribution in [1.29, 1.82) is 0 Å². The summed E-state index contributed by atoms with van der Waals surface area (Å²) in [5, 5.41) is 20.1. The highest BCUT2D eigenvalue weighted by Crippen LogP contribution is 2.24. The highest BCUT2D eigenvalue weighted by molar-refractivity contribution is 7.89. The maximum Gasteiger partial charge on any atom is 0.328 e. The predicted octanol–water partition coefficient (Wildman–Crippen LogP) is -1.22. The normalized spacial score (nSPS) is 11.2. The van der Waals surface area contributed by atoms with Crippen LogP contribution in [0.1, 0.15) is 5.56 Å². The maximum atomic E-state index is 13.3. The van der Waals surface area contributed by atoms with Gasteiger partial charge in [-0.2, -0.15) is 0 Å². The van der Waals surface area contributed by atoms with Crippen molar-refractivity contribution in [2.75, 3.05) is 19.6 Å². The number of sulfonamides is 1. The number of nitrogens with zero attached hydrogens (tertiary/aromatic N) is 3. The third-order valence-electron chi connectivity index (χ3n) is 4.25. The molecule has 178 valence electrons. The SMILES string of the molecule is Cc1cn(CC(=O)N(CCNS(=O)(=O)c2ccc(F)cc2[N+](=O)[O-])CC(=O)O)c(=O)[nH]c1=O. The molecule has 0 radical (unpaired) electrons. The molecule has 0 atom stereocenters. The van der Waals surface area contributed by atoms with E-state index in [-0.39, 0.29) is 5.56 Å². The van der Waals surface area contributed by atoms with E-state index in [0.717, 1.165) is 15.7 Å². The second-order valence-electron chi connectivity index (χ2n) is 6.68. The van der Waals surface area contributed by atoms with E-state index in [0.29, 0.717) is 18.2 Å². The zero-order valence-corrected chi connectivity index (χ0v) is 17.8. The fourth-order valence-electron chi connectivity index (χ4n) is 2.69. The summed E-state index contributed by atoms with van der Waals surface area (Å²) in [5.74, 6) is -3.32. The molecular weight excluding hydrogens is 469 g/mol. The summed E-state index contributed by atoms with van der Waals surface area (Å²) in [5.41, 5.74) is -2.44. The fourth-order valence-corrected chi connectivity index (χ4v) is 3.86. The molecule has 0 aliphatic rings. The maximum absolute atomic E-state index is 13.3. The molecule has 0 saturated carbocycles. The van der Waals surface area contributed by atoms with Gasteiger partial charge in [0.25, 0.3) is 11.2 Å². The summed E-state index contributed by atoms with van der Waals surface area (Å²) >= 11 is 0. The molecule has 16 heteroatoms. The van der Waals surface area contributed by atoms with Gasteiger partial charge in [0.15, 0.2) is 4.90 Å². The number of amides is 1. The van der Waals surface area contributed by atoms with Crippen LogP contribution in [-0.2, 0) is 26.2 Å². The minimum Gasteiger partial charge on any atom is -0.480 e. The van der Waals surface area contributed by atoms with Gasteiger partial charge in [-0.25, -0.2) is 22.3 Å². The molecule has 0 aliphatic carbocycles. The van der Waals surface area contributed by atoms with Gasteiger partial charge in [-0.3, -0.25) is 34.0 Å². The Morgan fingerprint density at radius 2 is 2.00 bits per heavy atom. The summed E-state index contributed by atoms with van der Waals surface area (Å²) in [7, 11) is -4.52. The number of benzene rings is 1. The molecule has 1 aromatic carbocycles. The number of aliphatic carboxylic acids is 1. The van der Waals surface area contributed by atoms with Crippen LogP contribution in [0.3, 0.4) is 0 Å². The number of nitrogens with one attached hydrogen (secondary N) is 2. The molecule has 2 rings (SSSR count). The van der Waals surface area contributed by atoms with E-state index >= 15 is 0 Å². The smallest absolute Gasteiger partial charge is 0.328 e. The van der Waals surface area contributed by atoms with Crippen molar-refractivity contribution in [1.82, 2.24) is 19.2 Å². The zero-order valence-electron chi connectivity index (χ0n) is 17.0. The van der Waals surface area contributed by atoms with Crippen LogP contribution in [0.2, 0.25) is 0 Å². The number of rotatable bonds is 10. The molecule has 0 fully saturated rings. The summed E-state index contributed by atoms with van der Waals surface area (Å²) in [6, 6.07) is 1.84. The number of nitro groups is 1. The quantitative estimate of drug-likeness (QED) is 0.271. The minimum atomic E-state index is -4.52. The molecule has 14 nitrogen and oxygen atoms in total. The highest BCUT2D eigenvalue weighted by Gasteiger charge is 2.27. The lowest BCUT2D eigenvalue weighted by Gasteiger charge is -2.21. The predicted molar refractivity (Wildman–Crippen MR) is 109 cm³/mol. The van der Waals surface area contributed by atoms with Crippen LogP contribution in [0, 0.1) is 22.9 Å². The number of carbonyl (C=O) groups excluding carboxylic acids is 1. The van der Waals surface area contributed by atoms with Crippen molar-refractivity contribution in [3.05, 3.63) is 66.7 Å². The van der Waals surface area contributed by atoms with Gasteiger partial charge in [0.05, 0.1) is 11.0 Å². The molecule has 3 N–H and O–H groups in total. The second kappa shape index (κ2) is 10.1. The number of hydrogen-bond donors (Lipinski definition) is 3. The second-order valence-corrected chi connectivity index (χ2v) is 8.41. The number of aromatic amines is 1. The first kappa shape index (κ1) is 25.3. The van der Waals surface area contributed by atoms with Crippen LogP contribution < -0.4 is 16.0 Å². The Hall–Kier alpha value is -3.92. The Labute approximate surface area is 184 Å². The number of H-pyrrole nitrogens is 1. The topological polar surface area (TPSA) is 202 Å². The average molecular weight is 487 g/mol. The number of halogens is 1. The molecule has 0 spiro atoms. The molecule has 0 saturated heterocycles. The van der Waals surface area contributed by atoms with Crippen molar-refractivity contribution in [3.8, 4) is 0 Å². The van der Waals surface area contributed by atoms with Gasteiger partial charge in [-0.05, 0) is 19.1 Å². The Balaban J connectivity index is 2.17. The molecule has 33 heavy (non-hydrogen) atoms. The van der Waals surface area contributed by atoms with Crippen molar-refractivity contribution in [3.63, 3.8) is 0 Å². The standard InChI is InChI=1S/C17H18FN5O9S/c1-10-7-22(17(28)20-16(10)27)8-14(24)21(9-15(25)26)5-4-19-33(31,32)13-3-2-11(18)6-12(13)23(29)30/h2-3,6-7,19H,4-5,8-9H2,1H3,(H,25,26)(H,20,27,28). The lowest BCUT2D eigenvalue weighted by molar-refractivity contribution is -0.388. The first-order chi connectivity index (χ1) is 15.3. The molecule has 1 heterocycles. The fraction of sp³-hybridized carbons (Fsp3) is 0.294. The van der Waals surface area contributed by atoms with E-state index in [2.05, 4.69) is 0 Å². The minimum absolute atomic E-state index is 0.126. The first-order valence-electron chi connectivity index (χ1n) is 9.05. The molecule has 1 aromatic heterocycles. The molecule has 2 aromatic rings. The monoisotopic (exact) mass is 487 g/mol. The number of carboxylic acid groups (broad SMARTS) is 1. The Kier molecular flexibility index (Phi) is 7.78. The summed E-state index contributed by atoms with van der Waals surface area (Å²) in [6.45, 7) is -1.11. The molecule has 1 amide bonds. The van der Waals surface area contributed by atoms with E-state index in [1.54, 1.807) is 0 Å². The Bertz CT molecular complexity index is 1320. The number of nitro benzene ring substituents is 1. The van der Waals surface area contributed by atoms with E-state index in [1.807, 2.05) is 9.71 Å². The summed E-state index contributed by atoms with van der Waals surface area (Å²) < 4.78 is 40.9. The molecular formula is C17H18FN5O9S. The number of aromatic nitrogens is 2. The van der Waals surface area contributed by atoms with Crippen molar-refractivity contribution in [2.24, 2.45) is 0 Å². The third kappa shape index (κ3) is 6.53. The number of carboxylic acids is 1. The van der Waals surface area contributed by atoms with Crippen molar-refractivity contribution in [2.45, 2.75) is 18.4 Å². The van der Waals surface area contributed by atoms with Gasteiger partial charge < -0.3 is 10.0 Å². The van der Waals surface area contributed by atoms with E-state index in [9.17, 15) is 42.1 Å². The highest BCUT2D eigenvalue weighted by atomic mass is 32.2. The molecule has 0 unspecified atom stereocenters. The van der Waals surface area contributed by atoms with E-state index < -0.39 is 80.7 Å². The van der Waals surface area contributed by atoms with Gasteiger partial charge >= 0.3 is 11.7 Å². The lowest BCUT2D eigenvalue weighted by atomic mass is 10.3. The molecule has 0 aliphatic heterocycles. The zero-order chi connectivity index (χ0) is 24.9. The van der Waals surface area contributed by atoms with E-state index in [1.165, 1.54) is 6.92 Å². The van der Waals surface area contributed by atoms with Crippen LogP contribution in [-0.4, -0.2) is 64.4 Å². The van der Waals surface area contributed by atoms with Gasteiger partial charge in [-0.1, -0.05) is 0 Å². The number of hydrogen-bond acceptors (Lipinski definition) is 8. The Morgan fingerprint density at radius 1 is 1.33 bits per heavy atom. The first-order valence-corrected chi connectivity index (χ1v) is 10.5. The van der Waals surface area contributed by atoms with Crippen LogP contribution in [0.15, 0.2) is 38.9 Å². The van der Waals surface area contributed by atoms with Gasteiger partial charge in [-0.15, -0.1) is 0 Å². The largest absolute Gasteiger partial charge is 0.480 e. The lowest BCUT2D eigenvalue weighted by Crippen LogP contribution is -2.44. The van der Waals surface area contributed by atoms with Crippen LogP contribution >= 0.6 is 0 Å². The molecule has 0 bridgehead atoms. The van der Waals surface area contributed by atoms with Crippen LogP contribution in [0.5, 0.6) is 0 Å².